The number of aryl methyl sites for hydroxylation is 1. The van der Waals surface area contributed by atoms with E-state index in [1.807, 2.05) is 20.8 Å². The Hall–Kier alpha value is -0.170. The SMILES string of the molecule is CCOC(CSc1nc(C)ns1)OCC. The molecule has 0 spiro atoms. The van der Waals surface area contributed by atoms with Gasteiger partial charge in [0, 0.05) is 13.2 Å². The lowest BCUT2D eigenvalue weighted by atomic mass is 10.7. The van der Waals surface area contributed by atoms with E-state index in [9.17, 15) is 0 Å². The van der Waals surface area contributed by atoms with Crippen molar-refractivity contribution < 1.29 is 9.47 Å². The molecule has 15 heavy (non-hydrogen) atoms. The number of aromatic nitrogens is 2. The van der Waals surface area contributed by atoms with Gasteiger partial charge in [0.15, 0.2) is 10.6 Å². The second-order valence-corrected chi connectivity index (χ2v) is 4.78. The number of thioether (sulfide) groups is 1. The van der Waals surface area contributed by atoms with E-state index < -0.39 is 0 Å². The van der Waals surface area contributed by atoms with Gasteiger partial charge in [-0.2, -0.15) is 4.37 Å². The van der Waals surface area contributed by atoms with E-state index in [1.54, 1.807) is 11.8 Å². The Morgan fingerprint density at radius 2 is 2.00 bits per heavy atom. The van der Waals surface area contributed by atoms with E-state index in [1.165, 1.54) is 11.5 Å². The molecule has 1 heterocycles. The molecule has 86 valence electrons. The summed E-state index contributed by atoms with van der Waals surface area (Å²) in [5.41, 5.74) is 0. The maximum atomic E-state index is 5.42. The zero-order valence-corrected chi connectivity index (χ0v) is 10.9. The van der Waals surface area contributed by atoms with Crippen molar-refractivity contribution in [2.24, 2.45) is 0 Å². The van der Waals surface area contributed by atoms with Crippen LogP contribution in [0, 0.1) is 6.92 Å². The molecule has 1 aromatic rings. The van der Waals surface area contributed by atoms with Gasteiger partial charge in [0.05, 0.1) is 5.75 Å². The van der Waals surface area contributed by atoms with Crippen LogP contribution in [0.4, 0.5) is 0 Å². The third-order valence-electron chi connectivity index (χ3n) is 1.56. The Balaban J connectivity index is 2.32. The third kappa shape index (κ3) is 4.92. The lowest BCUT2D eigenvalue weighted by molar-refractivity contribution is -0.120. The van der Waals surface area contributed by atoms with Gasteiger partial charge < -0.3 is 9.47 Å². The van der Waals surface area contributed by atoms with Crippen molar-refractivity contribution in [2.45, 2.75) is 31.4 Å². The van der Waals surface area contributed by atoms with Gasteiger partial charge in [-0.1, -0.05) is 11.8 Å². The van der Waals surface area contributed by atoms with E-state index in [4.69, 9.17) is 9.47 Å². The van der Waals surface area contributed by atoms with Gasteiger partial charge in [-0.15, -0.1) is 0 Å². The van der Waals surface area contributed by atoms with Crippen molar-refractivity contribution in [3.63, 3.8) is 0 Å². The summed E-state index contributed by atoms with van der Waals surface area (Å²) in [6, 6.07) is 0. The highest BCUT2D eigenvalue weighted by Gasteiger charge is 2.10. The Morgan fingerprint density at radius 1 is 1.33 bits per heavy atom. The number of nitrogens with zero attached hydrogens (tertiary/aromatic N) is 2. The number of rotatable bonds is 7. The molecule has 0 aliphatic heterocycles. The first-order chi connectivity index (χ1) is 7.26. The Kier molecular flexibility index (Phi) is 6.16. The molecule has 0 N–H and O–H groups in total. The topological polar surface area (TPSA) is 44.2 Å². The Bertz CT molecular complexity index is 275. The molecule has 4 nitrogen and oxygen atoms in total. The maximum Gasteiger partial charge on any atom is 0.170 e. The van der Waals surface area contributed by atoms with Crippen molar-refractivity contribution >= 4 is 23.3 Å². The molecule has 0 unspecified atom stereocenters. The minimum atomic E-state index is -0.144. The zero-order chi connectivity index (χ0) is 11.1. The minimum Gasteiger partial charge on any atom is -0.352 e. The minimum absolute atomic E-state index is 0.144. The van der Waals surface area contributed by atoms with Crippen LogP contribution in [0.15, 0.2) is 4.34 Å². The molecular formula is C9H16N2O2S2. The van der Waals surface area contributed by atoms with Crippen molar-refractivity contribution in [3.8, 4) is 0 Å². The number of hydrogen-bond acceptors (Lipinski definition) is 6. The van der Waals surface area contributed by atoms with Gasteiger partial charge in [0.1, 0.15) is 5.82 Å². The fourth-order valence-electron chi connectivity index (χ4n) is 0.992. The van der Waals surface area contributed by atoms with Crippen molar-refractivity contribution in [2.75, 3.05) is 19.0 Å². The van der Waals surface area contributed by atoms with E-state index in [-0.39, 0.29) is 6.29 Å². The van der Waals surface area contributed by atoms with E-state index in [2.05, 4.69) is 9.36 Å². The maximum absolute atomic E-state index is 5.42. The molecule has 0 aromatic carbocycles. The van der Waals surface area contributed by atoms with Crippen LogP contribution in [-0.2, 0) is 9.47 Å². The summed E-state index contributed by atoms with van der Waals surface area (Å²) in [5.74, 6) is 1.59. The van der Waals surface area contributed by atoms with Gasteiger partial charge in [-0.25, -0.2) is 4.98 Å². The van der Waals surface area contributed by atoms with Crippen LogP contribution < -0.4 is 0 Å². The Labute approximate surface area is 98.6 Å². The van der Waals surface area contributed by atoms with Gasteiger partial charge in [0.2, 0.25) is 0 Å². The van der Waals surface area contributed by atoms with Crippen LogP contribution in [0.5, 0.6) is 0 Å². The first-order valence-corrected chi connectivity index (χ1v) is 6.68. The second-order valence-electron chi connectivity index (χ2n) is 2.76. The van der Waals surface area contributed by atoms with Crippen LogP contribution in [-0.4, -0.2) is 34.6 Å². The molecule has 0 bridgehead atoms. The number of hydrogen-bond donors (Lipinski definition) is 0. The van der Waals surface area contributed by atoms with E-state index in [0.717, 1.165) is 15.9 Å². The molecule has 1 aromatic heterocycles. The van der Waals surface area contributed by atoms with Gasteiger partial charge in [0.25, 0.3) is 0 Å². The highest BCUT2D eigenvalue weighted by Crippen LogP contribution is 2.21. The molecule has 0 saturated heterocycles. The standard InChI is InChI=1S/C9H16N2O2S2/c1-4-12-8(13-5-2)6-14-9-10-7(3)11-15-9/h8H,4-6H2,1-3H3. The molecule has 0 radical (unpaired) electrons. The summed E-state index contributed by atoms with van der Waals surface area (Å²) in [6.07, 6.45) is -0.144. The van der Waals surface area contributed by atoms with Gasteiger partial charge >= 0.3 is 0 Å². The third-order valence-corrected chi connectivity index (χ3v) is 3.51. The van der Waals surface area contributed by atoms with E-state index >= 15 is 0 Å². The molecule has 0 saturated carbocycles. The first kappa shape index (κ1) is 12.9. The predicted molar refractivity (Wildman–Crippen MR) is 62.4 cm³/mol. The van der Waals surface area contributed by atoms with Crippen LogP contribution in [0.2, 0.25) is 0 Å². The molecule has 6 heteroatoms. The molecule has 0 aliphatic rings. The van der Waals surface area contributed by atoms with Crippen LogP contribution in [0.25, 0.3) is 0 Å². The Morgan fingerprint density at radius 3 is 2.47 bits per heavy atom. The lowest BCUT2D eigenvalue weighted by Crippen LogP contribution is -2.19. The highest BCUT2D eigenvalue weighted by molar-refractivity contribution is 8.00. The second kappa shape index (κ2) is 7.16. The van der Waals surface area contributed by atoms with Crippen LogP contribution >= 0.6 is 23.3 Å². The molecular weight excluding hydrogens is 232 g/mol. The quantitative estimate of drug-likeness (QED) is 0.547. The molecule has 0 aliphatic carbocycles. The van der Waals surface area contributed by atoms with Gasteiger partial charge in [-0.3, -0.25) is 0 Å². The average molecular weight is 248 g/mol. The summed E-state index contributed by atoms with van der Waals surface area (Å²) in [4.78, 5) is 4.26. The molecule has 0 atom stereocenters. The van der Waals surface area contributed by atoms with Crippen molar-refractivity contribution in [3.05, 3.63) is 5.82 Å². The summed E-state index contributed by atoms with van der Waals surface area (Å²) >= 11 is 3.04. The highest BCUT2D eigenvalue weighted by atomic mass is 32.2. The van der Waals surface area contributed by atoms with Crippen LogP contribution in [0.1, 0.15) is 19.7 Å². The smallest absolute Gasteiger partial charge is 0.170 e. The molecule has 0 amide bonds. The first-order valence-electron chi connectivity index (χ1n) is 4.92. The van der Waals surface area contributed by atoms with E-state index in [0.29, 0.717) is 13.2 Å². The number of ether oxygens (including phenoxy) is 2. The zero-order valence-electron chi connectivity index (χ0n) is 9.23. The average Bonchev–Trinajstić information content (AvgIpc) is 2.61. The fourth-order valence-corrected chi connectivity index (χ4v) is 2.61. The lowest BCUT2D eigenvalue weighted by Gasteiger charge is -2.15. The summed E-state index contributed by atoms with van der Waals surface area (Å²) < 4.78 is 15.9. The normalized spacial score (nSPS) is 11.2. The van der Waals surface area contributed by atoms with Gasteiger partial charge in [-0.05, 0) is 32.3 Å². The molecule has 1 rings (SSSR count). The van der Waals surface area contributed by atoms with Crippen LogP contribution in [0.3, 0.4) is 0 Å². The largest absolute Gasteiger partial charge is 0.352 e. The monoisotopic (exact) mass is 248 g/mol. The van der Waals surface area contributed by atoms with Crippen molar-refractivity contribution in [1.82, 2.24) is 9.36 Å². The summed E-state index contributed by atoms with van der Waals surface area (Å²) in [6.45, 7) is 7.15. The summed E-state index contributed by atoms with van der Waals surface area (Å²) in [5, 5.41) is 0. The summed E-state index contributed by atoms with van der Waals surface area (Å²) in [7, 11) is 0. The molecule has 0 fully saturated rings. The fraction of sp³-hybridized carbons (Fsp3) is 0.778. The van der Waals surface area contributed by atoms with Crippen molar-refractivity contribution in [1.29, 1.82) is 0 Å². The predicted octanol–water partition coefficient (Wildman–Crippen LogP) is 2.34.